The number of nitrogens with zero attached hydrogens (tertiary/aromatic N) is 1. The lowest BCUT2D eigenvalue weighted by Crippen LogP contribution is -2.34. The van der Waals surface area contributed by atoms with E-state index in [4.69, 9.17) is 4.74 Å². The van der Waals surface area contributed by atoms with Crippen LogP contribution in [-0.4, -0.2) is 16.5 Å². The molecule has 0 saturated carbocycles. The third kappa shape index (κ3) is 3.65. The van der Waals surface area contributed by atoms with Crippen LogP contribution in [-0.2, 0) is 11.3 Å². The van der Waals surface area contributed by atoms with Crippen molar-refractivity contribution in [2.45, 2.75) is 32.9 Å². The van der Waals surface area contributed by atoms with Crippen molar-refractivity contribution >= 4 is 27.5 Å². The van der Waals surface area contributed by atoms with Crippen molar-refractivity contribution in [3.05, 3.63) is 64.4 Å². The van der Waals surface area contributed by atoms with Crippen molar-refractivity contribution < 1.29 is 9.53 Å². The average Bonchev–Trinajstić information content (AvgIpc) is 2.99. The average molecular weight is 370 g/mol. The van der Waals surface area contributed by atoms with Crippen LogP contribution in [0.4, 0.5) is 0 Å². The first kappa shape index (κ1) is 18.2. The Hall–Kier alpha value is -2.60. The molecular formula is C20H22N2O3S. The van der Waals surface area contributed by atoms with E-state index in [9.17, 15) is 9.59 Å². The molecule has 3 aromatic rings. The van der Waals surface area contributed by atoms with Gasteiger partial charge in [0.25, 0.3) is 5.56 Å². The molecule has 1 N–H and O–H groups in total. The Morgan fingerprint density at radius 2 is 1.88 bits per heavy atom. The monoisotopic (exact) mass is 370 g/mol. The molecule has 6 heteroatoms. The van der Waals surface area contributed by atoms with Crippen LogP contribution in [0.1, 0.15) is 31.9 Å². The first-order valence-electron chi connectivity index (χ1n) is 8.74. The van der Waals surface area contributed by atoms with Gasteiger partial charge in [-0.25, -0.2) is 0 Å². The van der Waals surface area contributed by atoms with Gasteiger partial charge in [0.1, 0.15) is 11.8 Å². The largest absolute Gasteiger partial charge is 0.494 e. The number of carbonyl (C=O) groups is 1. The van der Waals surface area contributed by atoms with Crippen LogP contribution in [0.15, 0.2) is 53.3 Å². The molecule has 0 aliphatic carbocycles. The van der Waals surface area contributed by atoms with Gasteiger partial charge in [-0.1, -0.05) is 48.8 Å². The Morgan fingerprint density at radius 3 is 2.62 bits per heavy atom. The lowest BCUT2D eigenvalue weighted by atomic mass is 10.1. The summed E-state index contributed by atoms with van der Waals surface area (Å²) in [5.74, 6) is 0.606. The van der Waals surface area contributed by atoms with Gasteiger partial charge in [0, 0.05) is 12.1 Å². The highest BCUT2D eigenvalue weighted by Crippen LogP contribution is 2.22. The summed E-state index contributed by atoms with van der Waals surface area (Å²) >= 11 is 1.34. The van der Waals surface area contributed by atoms with Crippen molar-refractivity contribution in [1.29, 1.82) is 0 Å². The van der Waals surface area contributed by atoms with Crippen LogP contribution in [0, 0.1) is 0 Å². The standard InChI is InChI=1S/C20H22N2O3S/c1-3-16(22-20(24)15-10-6-8-12-18(15)26-22)19(23)21-13-14-9-5-7-11-17(14)25-4-2/h5-12,16H,3-4,13H2,1-2H3,(H,21,23). The molecule has 1 unspecified atom stereocenters. The van der Waals surface area contributed by atoms with Crippen LogP contribution in [0.3, 0.4) is 0 Å². The smallest absolute Gasteiger partial charge is 0.269 e. The number of benzene rings is 2. The van der Waals surface area contributed by atoms with E-state index in [1.54, 1.807) is 10.0 Å². The van der Waals surface area contributed by atoms with E-state index < -0.39 is 6.04 Å². The zero-order valence-corrected chi connectivity index (χ0v) is 15.7. The summed E-state index contributed by atoms with van der Waals surface area (Å²) in [7, 11) is 0. The van der Waals surface area contributed by atoms with Crippen LogP contribution >= 0.6 is 11.5 Å². The lowest BCUT2D eigenvalue weighted by Gasteiger charge is -2.16. The molecule has 26 heavy (non-hydrogen) atoms. The first-order chi connectivity index (χ1) is 12.7. The summed E-state index contributed by atoms with van der Waals surface area (Å²) in [6.07, 6.45) is 0.547. The van der Waals surface area contributed by atoms with Crippen LogP contribution in [0.5, 0.6) is 5.75 Å². The van der Waals surface area contributed by atoms with Gasteiger partial charge >= 0.3 is 0 Å². The van der Waals surface area contributed by atoms with Crippen LogP contribution in [0.25, 0.3) is 10.1 Å². The third-order valence-corrected chi connectivity index (χ3v) is 5.38. The molecule has 0 saturated heterocycles. The molecule has 0 spiro atoms. The molecule has 136 valence electrons. The maximum Gasteiger partial charge on any atom is 0.269 e. The molecule has 0 radical (unpaired) electrons. The quantitative estimate of drug-likeness (QED) is 0.689. The number of rotatable bonds is 7. The van der Waals surface area contributed by atoms with E-state index in [1.807, 2.05) is 56.3 Å². The second kappa shape index (κ2) is 8.19. The molecule has 0 aliphatic heterocycles. The summed E-state index contributed by atoms with van der Waals surface area (Å²) in [6, 6.07) is 14.6. The van der Waals surface area contributed by atoms with Crippen molar-refractivity contribution in [1.82, 2.24) is 9.27 Å². The topological polar surface area (TPSA) is 60.3 Å². The van der Waals surface area contributed by atoms with Crippen LogP contribution < -0.4 is 15.6 Å². The van der Waals surface area contributed by atoms with Gasteiger partial charge in [-0.15, -0.1) is 0 Å². The summed E-state index contributed by atoms with van der Waals surface area (Å²) in [5, 5.41) is 3.60. The number of aromatic nitrogens is 1. The van der Waals surface area contributed by atoms with Gasteiger partial charge < -0.3 is 10.1 Å². The van der Waals surface area contributed by atoms with E-state index in [0.717, 1.165) is 16.0 Å². The highest BCUT2D eigenvalue weighted by Gasteiger charge is 2.22. The Bertz CT molecular complexity index is 961. The second-order valence-electron chi connectivity index (χ2n) is 5.90. The lowest BCUT2D eigenvalue weighted by molar-refractivity contribution is -0.124. The van der Waals surface area contributed by atoms with E-state index in [0.29, 0.717) is 25.0 Å². The molecule has 3 rings (SSSR count). The Balaban J connectivity index is 1.79. The van der Waals surface area contributed by atoms with Crippen molar-refractivity contribution in [3.63, 3.8) is 0 Å². The number of ether oxygens (including phenoxy) is 1. The zero-order chi connectivity index (χ0) is 18.5. The fourth-order valence-corrected chi connectivity index (χ4v) is 4.06. The number of hydrogen-bond donors (Lipinski definition) is 1. The summed E-state index contributed by atoms with van der Waals surface area (Å²) in [6.45, 7) is 4.77. The fourth-order valence-electron chi connectivity index (χ4n) is 2.90. The summed E-state index contributed by atoms with van der Waals surface area (Å²) < 4.78 is 8.07. The molecule has 1 atom stereocenters. The van der Waals surface area contributed by atoms with Gasteiger partial charge in [-0.2, -0.15) is 0 Å². The second-order valence-corrected chi connectivity index (χ2v) is 6.92. The van der Waals surface area contributed by atoms with Gasteiger partial charge in [0.2, 0.25) is 5.91 Å². The predicted molar refractivity (Wildman–Crippen MR) is 105 cm³/mol. The molecule has 2 aromatic carbocycles. The van der Waals surface area contributed by atoms with Crippen molar-refractivity contribution in [2.75, 3.05) is 6.61 Å². The van der Waals surface area contributed by atoms with Gasteiger partial charge in [-0.3, -0.25) is 13.5 Å². The van der Waals surface area contributed by atoms with E-state index in [-0.39, 0.29) is 11.5 Å². The maximum atomic E-state index is 12.7. The van der Waals surface area contributed by atoms with Crippen molar-refractivity contribution in [3.8, 4) is 5.75 Å². The van der Waals surface area contributed by atoms with Gasteiger partial charge in [0.05, 0.1) is 16.7 Å². The van der Waals surface area contributed by atoms with Gasteiger partial charge in [-0.05, 0) is 31.5 Å². The zero-order valence-electron chi connectivity index (χ0n) is 14.9. The van der Waals surface area contributed by atoms with E-state index in [1.165, 1.54) is 11.5 Å². The normalized spacial score (nSPS) is 12.1. The highest BCUT2D eigenvalue weighted by molar-refractivity contribution is 7.14. The molecule has 1 aromatic heterocycles. The third-order valence-electron chi connectivity index (χ3n) is 4.21. The van der Waals surface area contributed by atoms with E-state index in [2.05, 4.69) is 5.32 Å². The maximum absolute atomic E-state index is 12.7. The fraction of sp³-hybridized carbons (Fsp3) is 0.300. The first-order valence-corrected chi connectivity index (χ1v) is 9.52. The SMILES string of the molecule is CCOc1ccccc1CNC(=O)C(CC)n1sc2ccccc2c1=O. The van der Waals surface area contributed by atoms with Crippen LogP contribution in [0.2, 0.25) is 0 Å². The number of nitrogens with one attached hydrogen (secondary N) is 1. The molecule has 0 bridgehead atoms. The molecule has 5 nitrogen and oxygen atoms in total. The minimum atomic E-state index is -0.515. The summed E-state index contributed by atoms with van der Waals surface area (Å²) in [4.78, 5) is 25.4. The molecular weight excluding hydrogens is 348 g/mol. The Labute approximate surface area is 156 Å². The van der Waals surface area contributed by atoms with Crippen molar-refractivity contribution in [2.24, 2.45) is 0 Å². The molecule has 1 heterocycles. The van der Waals surface area contributed by atoms with E-state index >= 15 is 0 Å². The number of fused-ring (bicyclic) bond motifs is 1. The number of carbonyl (C=O) groups excluding carboxylic acids is 1. The number of hydrogen-bond acceptors (Lipinski definition) is 4. The summed E-state index contributed by atoms with van der Waals surface area (Å²) in [5.41, 5.74) is 0.809. The number of para-hydroxylation sites is 1. The molecule has 0 fully saturated rings. The van der Waals surface area contributed by atoms with Gasteiger partial charge in [0.15, 0.2) is 0 Å². The minimum absolute atomic E-state index is 0.109. The highest BCUT2D eigenvalue weighted by atomic mass is 32.1. The minimum Gasteiger partial charge on any atom is -0.494 e. The Kier molecular flexibility index (Phi) is 5.73. The Morgan fingerprint density at radius 1 is 1.15 bits per heavy atom. The predicted octanol–water partition coefficient (Wildman–Crippen LogP) is 3.73. The molecule has 0 aliphatic rings. The number of amides is 1. The molecule has 1 amide bonds.